The van der Waals surface area contributed by atoms with Crippen LogP contribution < -0.4 is 0 Å². The Bertz CT molecular complexity index is 3610. The number of hydrogen-bond acceptors (Lipinski definition) is 3. The van der Waals surface area contributed by atoms with Crippen molar-refractivity contribution < 1.29 is 16.4 Å². The Morgan fingerprint density at radius 2 is 0.818 bits per heavy atom. The monoisotopic (exact) mass is 714 g/mol. The van der Waals surface area contributed by atoms with Crippen molar-refractivity contribution in [3.63, 3.8) is 0 Å². The summed E-state index contributed by atoms with van der Waals surface area (Å²) in [5.41, 5.74) is 5.51. The molecular weight excluding hydrogens is 669 g/mol. The van der Waals surface area contributed by atoms with E-state index in [4.69, 9.17) is 27.3 Å². The highest BCUT2D eigenvalue weighted by atomic mass is 15.0. The Morgan fingerprint density at radius 1 is 0.345 bits per heavy atom. The second kappa shape index (κ2) is 13.8. The summed E-state index contributed by atoms with van der Waals surface area (Å²) in [5.74, 6) is 1.48. The van der Waals surface area contributed by atoms with E-state index in [1.807, 2.05) is 109 Å². The van der Waals surface area contributed by atoms with Crippen LogP contribution in [0.4, 0.5) is 0 Å². The van der Waals surface area contributed by atoms with Gasteiger partial charge in [-0.3, -0.25) is 0 Å². The van der Waals surface area contributed by atoms with Crippen molar-refractivity contribution in [1.82, 2.24) is 19.5 Å². The summed E-state index contributed by atoms with van der Waals surface area (Å²) in [6.07, 6.45) is 0. The van der Waals surface area contributed by atoms with Crippen LogP contribution in [0.3, 0.4) is 0 Å². The van der Waals surface area contributed by atoms with Gasteiger partial charge >= 0.3 is 0 Å². The number of nitrogens with zero attached hydrogens (tertiary/aromatic N) is 4. The zero-order valence-corrected chi connectivity index (χ0v) is 29.0. The SMILES string of the molecule is [2H]c1c([2H])c([2H])c(-n2c3c([2H])c([2H])c([2H])c([2H])c3c3c([2H])c(-c4ccc(-c5cccc(-c6nc(-c7ccccc7)nc(-c7ccc(-c8ccccc8)cc7)n6)c5)cc4)c([2H])c([2H])c32)c([2H])c1[2H]. The smallest absolute Gasteiger partial charge is 0.164 e. The Kier molecular flexibility index (Phi) is 5.52. The molecule has 0 amide bonds. The van der Waals surface area contributed by atoms with Crippen LogP contribution in [0, 0.1) is 0 Å². The van der Waals surface area contributed by atoms with Gasteiger partial charge < -0.3 is 4.57 Å². The lowest BCUT2D eigenvalue weighted by Crippen LogP contribution is -2.00. The quantitative estimate of drug-likeness (QED) is 0.165. The fraction of sp³-hybridized carbons (Fsp3) is 0. The minimum Gasteiger partial charge on any atom is -0.309 e. The van der Waals surface area contributed by atoms with Crippen LogP contribution in [0.2, 0.25) is 0 Å². The van der Waals surface area contributed by atoms with Crippen molar-refractivity contribution in [3.05, 3.63) is 206 Å². The molecule has 2 heterocycles. The molecule has 0 spiro atoms. The van der Waals surface area contributed by atoms with Gasteiger partial charge in [-0.25, -0.2) is 15.0 Å². The molecule has 0 aliphatic carbocycles. The lowest BCUT2D eigenvalue weighted by molar-refractivity contribution is 1.07. The van der Waals surface area contributed by atoms with Crippen molar-refractivity contribution in [1.29, 1.82) is 0 Å². The first-order valence-electron chi connectivity index (χ1n) is 23.5. The third-order valence-corrected chi connectivity index (χ3v) is 9.41. The predicted octanol–water partition coefficient (Wildman–Crippen LogP) is 13.0. The van der Waals surface area contributed by atoms with Crippen molar-refractivity contribution in [3.8, 4) is 73.2 Å². The first-order valence-corrected chi connectivity index (χ1v) is 17.5. The zero-order chi connectivity index (χ0) is 47.0. The molecule has 8 aromatic carbocycles. The molecule has 0 aliphatic heterocycles. The topological polar surface area (TPSA) is 43.6 Å². The van der Waals surface area contributed by atoms with Crippen LogP contribution in [0.15, 0.2) is 206 Å². The molecular formula is C51H34N4. The van der Waals surface area contributed by atoms with Gasteiger partial charge in [0.1, 0.15) is 0 Å². The molecule has 258 valence electrons. The molecule has 0 unspecified atom stereocenters. The lowest BCUT2D eigenvalue weighted by atomic mass is 9.98. The minimum atomic E-state index is -0.696. The second-order valence-corrected chi connectivity index (χ2v) is 12.8. The maximum Gasteiger partial charge on any atom is 0.164 e. The molecule has 0 aliphatic rings. The van der Waals surface area contributed by atoms with Crippen LogP contribution in [0.5, 0.6) is 0 Å². The molecule has 0 saturated heterocycles. The number of benzene rings is 8. The molecule has 10 rings (SSSR count). The third-order valence-electron chi connectivity index (χ3n) is 9.41. The molecule has 2 aromatic heterocycles. The first kappa shape index (κ1) is 21.9. The second-order valence-electron chi connectivity index (χ2n) is 12.8. The van der Waals surface area contributed by atoms with Crippen molar-refractivity contribution in [2.24, 2.45) is 0 Å². The van der Waals surface area contributed by atoms with Gasteiger partial charge in [0, 0.05) is 33.2 Å². The Morgan fingerprint density at radius 3 is 1.51 bits per heavy atom. The number of fused-ring (bicyclic) bond motifs is 3. The first-order chi connectivity index (χ1) is 32.2. The molecule has 10 aromatic rings. The molecule has 4 heteroatoms. The van der Waals surface area contributed by atoms with Crippen LogP contribution in [0.25, 0.3) is 95.0 Å². The standard InChI is InChI=1S/C51H34N4/c1-4-13-35(14-5-1)36-27-29-40(30-28-36)50-52-49(39-15-6-2-7-16-39)53-51(54-50)43-18-12-17-41(33-43)37-23-25-38(26-24-37)42-31-32-48-46(34-42)45-21-10-11-22-47(45)55(48)44-19-8-3-9-20-44/h1-34H/i3D,8D,9D,10D,11D,19D,20D,21D,22D,31D,32D,34D. The van der Waals surface area contributed by atoms with E-state index >= 15 is 0 Å². The van der Waals surface area contributed by atoms with Gasteiger partial charge in [-0.1, -0.05) is 170 Å². The van der Waals surface area contributed by atoms with Crippen molar-refractivity contribution >= 4 is 21.8 Å². The van der Waals surface area contributed by atoms with Gasteiger partial charge in [0.25, 0.3) is 0 Å². The van der Waals surface area contributed by atoms with Gasteiger partial charge in [0.15, 0.2) is 17.5 Å². The summed E-state index contributed by atoms with van der Waals surface area (Å²) in [6, 6.07) is 35.5. The van der Waals surface area contributed by atoms with Gasteiger partial charge in [0.05, 0.1) is 27.5 Å². The highest BCUT2D eigenvalue weighted by Crippen LogP contribution is 2.36. The normalized spacial score (nSPS) is 14.3. The fourth-order valence-corrected chi connectivity index (χ4v) is 6.70. The van der Waals surface area contributed by atoms with E-state index in [9.17, 15) is 4.11 Å². The maximum atomic E-state index is 9.55. The summed E-state index contributed by atoms with van der Waals surface area (Å²) in [6.45, 7) is 0. The minimum absolute atomic E-state index is 0.00767. The third kappa shape index (κ3) is 6.16. The highest BCUT2D eigenvalue weighted by molar-refractivity contribution is 6.10. The van der Waals surface area contributed by atoms with E-state index in [0.717, 1.165) is 43.5 Å². The Hall–Kier alpha value is -7.43. The molecule has 0 fully saturated rings. The average molecular weight is 715 g/mol. The van der Waals surface area contributed by atoms with E-state index in [-0.39, 0.29) is 33.4 Å². The van der Waals surface area contributed by atoms with Crippen LogP contribution in [-0.2, 0) is 0 Å². The molecule has 0 radical (unpaired) electrons. The van der Waals surface area contributed by atoms with E-state index in [0.29, 0.717) is 23.0 Å². The van der Waals surface area contributed by atoms with E-state index < -0.39 is 72.2 Å². The fourth-order valence-electron chi connectivity index (χ4n) is 6.70. The molecule has 0 N–H and O–H groups in total. The van der Waals surface area contributed by atoms with Crippen LogP contribution in [-0.4, -0.2) is 19.5 Å². The molecule has 55 heavy (non-hydrogen) atoms. The van der Waals surface area contributed by atoms with E-state index in [1.54, 1.807) is 12.1 Å². The lowest BCUT2D eigenvalue weighted by Gasteiger charge is -2.11. The zero-order valence-electron chi connectivity index (χ0n) is 41.0. The van der Waals surface area contributed by atoms with Gasteiger partial charge in [0.2, 0.25) is 0 Å². The van der Waals surface area contributed by atoms with Gasteiger partial charge in [-0.05, 0) is 69.7 Å². The largest absolute Gasteiger partial charge is 0.309 e. The summed E-state index contributed by atoms with van der Waals surface area (Å²) in [5, 5.41) is -0.303. The van der Waals surface area contributed by atoms with Crippen molar-refractivity contribution in [2.45, 2.75) is 0 Å². The number of para-hydroxylation sites is 2. The van der Waals surface area contributed by atoms with Crippen molar-refractivity contribution in [2.75, 3.05) is 0 Å². The molecule has 0 atom stereocenters. The highest BCUT2D eigenvalue weighted by Gasteiger charge is 2.15. The summed E-state index contributed by atoms with van der Waals surface area (Å²) in [4.78, 5) is 14.7. The molecule has 0 bridgehead atoms. The molecule has 0 saturated carbocycles. The predicted molar refractivity (Wildman–Crippen MR) is 227 cm³/mol. The van der Waals surface area contributed by atoms with Gasteiger partial charge in [-0.15, -0.1) is 0 Å². The van der Waals surface area contributed by atoms with E-state index in [2.05, 4.69) is 12.1 Å². The maximum absolute atomic E-state index is 9.55. The average Bonchev–Trinajstić information content (AvgIpc) is 3.72. The summed E-state index contributed by atoms with van der Waals surface area (Å²) in [7, 11) is 0. The number of aromatic nitrogens is 4. The Balaban J connectivity index is 1.08. The van der Waals surface area contributed by atoms with Crippen LogP contribution in [0.1, 0.15) is 16.4 Å². The van der Waals surface area contributed by atoms with Gasteiger partial charge in [-0.2, -0.15) is 0 Å². The Labute approximate surface area is 336 Å². The van der Waals surface area contributed by atoms with Crippen LogP contribution >= 0.6 is 0 Å². The number of hydrogen-bond donors (Lipinski definition) is 0. The summed E-state index contributed by atoms with van der Waals surface area (Å²) < 4.78 is 106. The van der Waals surface area contributed by atoms with E-state index in [1.165, 1.54) is 0 Å². The molecule has 4 nitrogen and oxygen atoms in total. The number of rotatable bonds is 7. The summed E-state index contributed by atoms with van der Waals surface area (Å²) >= 11 is 0.